The van der Waals surface area contributed by atoms with E-state index in [1.807, 2.05) is 12.1 Å². The first kappa shape index (κ1) is 20.7. The number of benzene rings is 1. The third-order valence-corrected chi connectivity index (χ3v) is 7.36. The Balaban J connectivity index is 1.49. The van der Waals surface area contributed by atoms with E-state index >= 15 is 0 Å². The van der Waals surface area contributed by atoms with Crippen molar-refractivity contribution in [3.8, 4) is 17.2 Å². The first-order chi connectivity index (χ1) is 16.8. The highest BCUT2D eigenvalue weighted by atomic mass is 15.3. The van der Waals surface area contributed by atoms with E-state index in [0.29, 0.717) is 17.8 Å². The molecule has 0 bridgehead atoms. The Hall–Kier alpha value is -3.84. The van der Waals surface area contributed by atoms with Crippen molar-refractivity contribution >= 4 is 5.69 Å². The van der Waals surface area contributed by atoms with Crippen LogP contribution in [0.2, 0.25) is 0 Å². The summed E-state index contributed by atoms with van der Waals surface area (Å²) >= 11 is 0. The van der Waals surface area contributed by atoms with Gasteiger partial charge in [0.25, 0.3) is 0 Å². The maximum atomic E-state index is 9.60. The Kier molecular flexibility index (Phi) is 5.39. The van der Waals surface area contributed by atoms with Crippen LogP contribution >= 0.6 is 0 Å². The molecule has 4 nitrogen and oxygen atoms in total. The first-order valence-corrected chi connectivity index (χ1v) is 12.3. The van der Waals surface area contributed by atoms with E-state index in [9.17, 15) is 5.26 Å². The molecule has 2 aromatic rings. The van der Waals surface area contributed by atoms with Crippen LogP contribution in [0.25, 0.3) is 11.1 Å². The Morgan fingerprint density at radius 3 is 2.85 bits per heavy atom. The zero-order valence-corrected chi connectivity index (χ0v) is 19.2. The van der Waals surface area contributed by atoms with Crippen LogP contribution < -0.4 is 4.90 Å². The van der Waals surface area contributed by atoms with Gasteiger partial charge in [-0.3, -0.25) is 0 Å². The number of fused-ring (bicyclic) bond motifs is 1. The minimum absolute atomic E-state index is 0.290. The molecule has 0 amide bonds. The summed E-state index contributed by atoms with van der Waals surface area (Å²) in [7, 11) is 0. The highest BCUT2D eigenvalue weighted by Gasteiger charge is 2.42. The molecule has 4 heteroatoms. The van der Waals surface area contributed by atoms with Gasteiger partial charge < -0.3 is 9.80 Å². The van der Waals surface area contributed by atoms with Gasteiger partial charge in [-0.25, -0.2) is 4.98 Å². The number of pyridine rings is 1. The van der Waals surface area contributed by atoms with Crippen molar-refractivity contribution in [2.75, 3.05) is 4.90 Å². The van der Waals surface area contributed by atoms with Crippen LogP contribution in [-0.2, 0) is 0 Å². The number of allylic oxidation sites excluding steroid dienone is 6. The second-order valence-electron chi connectivity index (χ2n) is 9.29. The number of hydrogen-bond donors (Lipinski definition) is 0. The molecule has 34 heavy (non-hydrogen) atoms. The van der Waals surface area contributed by atoms with Gasteiger partial charge in [0.15, 0.2) is 0 Å². The highest BCUT2D eigenvalue weighted by molar-refractivity contribution is 5.74. The van der Waals surface area contributed by atoms with Gasteiger partial charge >= 0.3 is 0 Å². The fraction of sp³-hybridized carbons (Fsp3) is 0.267. The smallest absolute Gasteiger partial charge is 0.148 e. The largest absolute Gasteiger partial charge is 0.358 e. The maximum absolute atomic E-state index is 9.60. The Bertz CT molecular complexity index is 1290. The molecular weight excluding hydrogens is 416 g/mol. The molecule has 1 aromatic heterocycles. The highest BCUT2D eigenvalue weighted by Crippen LogP contribution is 2.43. The Labute approximate surface area is 201 Å². The van der Waals surface area contributed by atoms with Crippen molar-refractivity contribution in [2.45, 2.75) is 50.2 Å². The van der Waals surface area contributed by atoms with Gasteiger partial charge in [0.1, 0.15) is 11.8 Å². The molecule has 4 aliphatic rings. The Morgan fingerprint density at radius 1 is 1.00 bits per heavy atom. The zero-order valence-electron chi connectivity index (χ0n) is 19.2. The van der Waals surface area contributed by atoms with Crippen LogP contribution in [0.15, 0.2) is 103 Å². The molecule has 3 aliphatic carbocycles. The number of nitriles is 1. The van der Waals surface area contributed by atoms with Crippen LogP contribution in [0.5, 0.6) is 0 Å². The molecular formula is C30H28N4. The van der Waals surface area contributed by atoms with Crippen molar-refractivity contribution in [1.82, 2.24) is 9.88 Å². The minimum atomic E-state index is 0.290. The molecule has 2 heterocycles. The van der Waals surface area contributed by atoms with E-state index in [0.717, 1.165) is 43.2 Å². The number of rotatable bonds is 3. The molecule has 0 N–H and O–H groups in total. The summed E-state index contributed by atoms with van der Waals surface area (Å²) in [6.45, 7) is 0. The summed E-state index contributed by atoms with van der Waals surface area (Å²) in [6, 6.07) is 15.9. The van der Waals surface area contributed by atoms with Crippen molar-refractivity contribution in [2.24, 2.45) is 0 Å². The fourth-order valence-corrected chi connectivity index (χ4v) is 5.92. The molecule has 6 rings (SSSR count). The summed E-state index contributed by atoms with van der Waals surface area (Å²) in [5.41, 5.74) is 6.36. The number of hydrogen-bond acceptors (Lipinski definition) is 4. The monoisotopic (exact) mass is 444 g/mol. The molecule has 0 spiro atoms. The lowest BCUT2D eigenvalue weighted by molar-refractivity contribution is 0.170. The van der Waals surface area contributed by atoms with Gasteiger partial charge in [-0.05, 0) is 68.0 Å². The van der Waals surface area contributed by atoms with E-state index in [2.05, 4.69) is 93.7 Å². The van der Waals surface area contributed by atoms with E-state index in [1.54, 1.807) is 6.20 Å². The fourth-order valence-electron chi connectivity index (χ4n) is 5.92. The predicted molar refractivity (Wildman–Crippen MR) is 137 cm³/mol. The molecule has 3 unspecified atom stereocenters. The molecule has 1 aromatic carbocycles. The van der Waals surface area contributed by atoms with Crippen molar-refractivity contribution in [1.29, 1.82) is 5.26 Å². The van der Waals surface area contributed by atoms with Gasteiger partial charge in [-0.1, -0.05) is 54.7 Å². The van der Waals surface area contributed by atoms with Crippen LogP contribution in [0.4, 0.5) is 5.69 Å². The van der Waals surface area contributed by atoms with Crippen molar-refractivity contribution in [3.05, 3.63) is 108 Å². The number of anilines is 1. The quantitative estimate of drug-likeness (QED) is 0.523. The van der Waals surface area contributed by atoms with Crippen molar-refractivity contribution < 1.29 is 0 Å². The molecule has 0 saturated heterocycles. The summed E-state index contributed by atoms with van der Waals surface area (Å²) in [5, 5.41) is 9.60. The van der Waals surface area contributed by atoms with E-state index in [4.69, 9.17) is 0 Å². The molecule has 0 saturated carbocycles. The number of nitrogens with zero attached hydrogens (tertiary/aromatic N) is 4. The van der Waals surface area contributed by atoms with Crippen LogP contribution in [-0.4, -0.2) is 28.0 Å². The summed E-state index contributed by atoms with van der Waals surface area (Å²) in [6.07, 6.45) is 25.6. The van der Waals surface area contributed by atoms with Gasteiger partial charge in [-0.15, -0.1) is 0 Å². The average molecular weight is 445 g/mol. The van der Waals surface area contributed by atoms with Crippen LogP contribution in [0.1, 0.15) is 37.8 Å². The van der Waals surface area contributed by atoms with E-state index in [-0.39, 0.29) is 6.04 Å². The molecule has 0 fully saturated rings. The first-order valence-electron chi connectivity index (χ1n) is 12.3. The second kappa shape index (κ2) is 8.83. The summed E-state index contributed by atoms with van der Waals surface area (Å²) in [5.74, 6) is 0. The van der Waals surface area contributed by atoms with Crippen molar-refractivity contribution in [3.63, 3.8) is 0 Å². The molecule has 0 radical (unpaired) electrons. The zero-order chi connectivity index (χ0) is 22.9. The lowest BCUT2D eigenvalue weighted by Gasteiger charge is -2.54. The lowest BCUT2D eigenvalue weighted by Crippen LogP contribution is -2.59. The van der Waals surface area contributed by atoms with Gasteiger partial charge in [0.2, 0.25) is 0 Å². The predicted octanol–water partition coefficient (Wildman–Crippen LogP) is 6.28. The maximum Gasteiger partial charge on any atom is 0.148 e. The van der Waals surface area contributed by atoms with E-state index in [1.165, 1.54) is 17.1 Å². The average Bonchev–Trinajstić information content (AvgIpc) is 2.92. The minimum Gasteiger partial charge on any atom is -0.358 e. The van der Waals surface area contributed by atoms with Gasteiger partial charge in [0, 0.05) is 23.1 Å². The SMILES string of the molecule is N#Cc1ncccc1-c1cccc(N2C3=C(C=CCC3)N(C3C=CC=CC3)C3CCC=CC32)c1. The van der Waals surface area contributed by atoms with Gasteiger partial charge in [0.05, 0.1) is 23.8 Å². The van der Waals surface area contributed by atoms with Gasteiger partial charge in [-0.2, -0.15) is 5.26 Å². The lowest BCUT2D eigenvalue weighted by atomic mass is 9.85. The van der Waals surface area contributed by atoms with E-state index < -0.39 is 0 Å². The Morgan fingerprint density at radius 2 is 1.97 bits per heavy atom. The summed E-state index contributed by atoms with van der Waals surface area (Å²) in [4.78, 5) is 9.56. The third-order valence-electron chi connectivity index (χ3n) is 7.36. The second-order valence-corrected chi connectivity index (χ2v) is 9.29. The molecule has 3 atom stereocenters. The molecule has 1 aliphatic heterocycles. The molecule has 168 valence electrons. The topological polar surface area (TPSA) is 43.2 Å². The third kappa shape index (κ3) is 3.49. The standard InChI is InChI=1S/C30H28N4/c31-21-26-25(14-9-19-32-26)22-10-8-13-24(20-22)34-29-17-6-4-15-27(29)33(23-11-2-1-3-12-23)28-16-5-7-18-30(28)34/h1-4,7-11,13-15,18-20,23,28,30H,5-6,12,16-17H2. The summed E-state index contributed by atoms with van der Waals surface area (Å²) < 4.78 is 0. The number of aromatic nitrogens is 1. The van der Waals surface area contributed by atoms with Crippen LogP contribution in [0.3, 0.4) is 0 Å². The normalized spacial score (nSPS) is 25.2. The van der Waals surface area contributed by atoms with Crippen LogP contribution in [0, 0.1) is 11.3 Å².